The summed E-state index contributed by atoms with van der Waals surface area (Å²) in [5, 5.41) is 3.41. The Labute approximate surface area is 84.9 Å². The Balaban J connectivity index is 2.17. The molecule has 0 aromatic carbocycles. The number of rotatable bonds is 2. The first kappa shape index (κ1) is 9.71. The lowest BCUT2D eigenvalue weighted by Gasteiger charge is -2.21. The maximum atomic E-state index is 5.58. The molecule has 78 valence electrons. The fourth-order valence-electron chi connectivity index (χ4n) is 2.08. The van der Waals surface area contributed by atoms with Crippen molar-refractivity contribution in [2.24, 2.45) is 0 Å². The van der Waals surface area contributed by atoms with Crippen LogP contribution in [0.2, 0.25) is 0 Å². The Kier molecular flexibility index (Phi) is 2.87. The number of nitrogens with zero attached hydrogens (tertiary/aromatic N) is 1. The zero-order chi connectivity index (χ0) is 9.97. The third kappa shape index (κ3) is 1.82. The van der Waals surface area contributed by atoms with E-state index in [9.17, 15) is 0 Å². The third-order valence-electron chi connectivity index (χ3n) is 2.86. The van der Waals surface area contributed by atoms with Crippen molar-refractivity contribution in [3.05, 3.63) is 17.3 Å². The number of oxazole rings is 1. The Morgan fingerprint density at radius 2 is 2.43 bits per heavy atom. The van der Waals surface area contributed by atoms with E-state index in [0.717, 1.165) is 31.2 Å². The molecule has 0 saturated carbocycles. The van der Waals surface area contributed by atoms with Crippen molar-refractivity contribution in [3.8, 4) is 0 Å². The lowest BCUT2D eigenvalue weighted by molar-refractivity contribution is 0.444. The van der Waals surface area contributed by atoms with Gasteiger partial charge in [-0.15, -0.1) is 0 Å². The number of nitrogens with one attached hydrogen (secondary N) is 1. The molecular weight excluding hydrogens is 176 g/mol. The smallest absolute Gasteiger partial charge is 0.194 e. The number of aromatic nitrogens is 1. The molecule has 3 heteroatoms. The van der Waals surface area contributed by atoms with Crippen LogP contribution in [-0.4, -0.2) is 18.1 Å². The molecule has 0 bridgehead atoms. The van der Waals surface area contributed by atoms with Gasteiger partial charge in [-0.25, -0.2) is 4.98 Å². The summed E-state index contributed by atoms with van der Waals surface area (Å²) in [4.78, 5) is 4.55. The van der Waals surface area contributed by atoms with Gasteiger partial charge in [0.2, 0.25) is 0 Å². The van der Waals surface area contributed by atoms with Gasteiger partial charge in [0.1, 0.15) is 5.76 Å². The fourth-order valence-corrected chi connectivity index (χ4v) is 2.08. The number of piperidine rings is 1. The van der Waals surface area contributed by atoms with Crippen molar-refractivity contribution in [3.63, 3.8) is 0 Å². The van der Waals surface area contributed by atoms with Gasteiger partial charge in [0, 0.05) is 18.9 Å². The van der Waals surface area contributed by atoms with Crippen LogP contribution in [0.3, 0.4) is 0 Å². The number of aryl methyl sites for hydroxylation is 2. The second-order valence-corrected chi connectivity index (χ2v) is 3.95. The number of hydrogen-bond donors (Lipinski definition) is 1. The van der Waals surface area contributed by atoms with Crippen molar-refractivity contribution in [1.29, 1.82) is 0 Å². The Bertz CT molecular complexity index is 300. The standard InChI is InChI=1S/C11H18N2O/c1-3-10-13-11(8(2)14-10)9-5-4-6-12-7-9/h9,12H,3-7H2,1-2H3. The molecule has 3 nitrogen and oxygen atoms in total. The Morgan fingerprint density at radius 3 is 3.00 bits per heavy atom. The highest BCUT2D eigenvalue weighted by Gasteiger charge is 2.21. The van der Waals surface area contributed by atoms with E-state index >= 15 is 0 Å². The predicted molar refractivity (Wildman–Crippen MR) is 55.5 cm³/mol. The monoisotopic (exact) mass is 194 g/mol. The Hall–Kier alpha value is -0.830. The van der Waals surface area contributed by atoms with Crippen molar-refractivity contribution < 1.29 is 4.42 Å². The summed E-state index contributed by atoms with van der Waals surface area (Å²) in [6, 6.07) is 0. The van der Waals surface area contributed by atoms with Gasteiger partial charge in [-0.1, -0.05) is 6.92 Å². The zero-order valence-electron chi connectivity index (χ0n) is 8.97. The minimum atomic E-state index is 0.563. The summed E-state index contributed by atoms with van der Waals surface area (Å²) in [5.74, 6) is 2.45. The van der Waals surface area contributed by atoms with Crippen LogP contribution in [0.15, 0.2) is 4.42 Å². The van der Waals surface area contributed by atoms with Gasteiger partial charge in [-0.3, -0.25) is 0 Å². The van der Waals surface area contributed by atoms with Crippen LogP contribution < -0.4 is 5.32 Å². The topological polar surface area (TPSA) is 38.1 Å². The molecule has 0 amide bonds. The van der Waals surface area contributed by atoms with Crippen LogP contribution in [0.25, 0.3) is 0 Å². The van der Waals surface area contributed by atoms with Crippen molar-refractivity contribution in [2.75, 3.05) is 13.1 Å². The third-order valence-corrected chi connectivity index (χ3v) is 2.86. The van der Waals surface area contributed by atoms with E-state index in [1.165, 1.54) is 18.5 Å². The fraction of sp³-hybridized carbons (Fsp3) is 0.727. The van der Waals surface area contributed by atoms with Gasteiger partial charge in [0.25, 0.3) is 0 Å². The molecule has 1 saturated heterocycles. The van der Waals surface area contributed by atoms with Gasteiger partial charge in [0.05, 0.1) is 5.69 Å². The molecule has 1 atom stereocenters. The summed E-state index contributed by atoms with van der Waals surface area (Å²) in [5.41, 5.74) is 1.18. The molecule has 1 aromatic rings. The summed E-state index contributed by atoms with van der Waals surface area (Å²) in [6.45, 7) is 6.30. The first-order valence-corrected chi connectivity index (χ1v) is 5.48. The highest BCUT2D eigenvalue weighted by molar-refractivity contribution is 5.15. The van der Waals surface area contributed by atoms with E-state index in [2.05, 4.69) is 17.2 Å². The maximum absolute atomic E-state index is 5.58. The van der Waals surface area contributed by atoms with Crippen LogP contribution in [0.5, 0.6) is 0 Å². The largest absolute Gasteiger partial charge is 0.446 e. The van der Waals surface area contributed by atoms with Crippen LogP contribution in [0.4, 0.5) is 0 Å². The quantitative estimate of drug-likeness (QED) is 0.782. The second kappa shape index (κ2) is 4.13. The average Bonchev–Trinajstić information content (AvgIpc) is 2.61. The van der Waals surface area contributed by atoms with Crippen LogP contribution in [0, 0.1) is 6.92 Å². The molecule has 1 fully saturated rings. The van der Waals surface area contributed by atoms with E-state index < -0.39 is 0 Å². The molecule has 0 aliphatic carbocycles. The molecule has 2 rings (SSSR count). The summed E-state index contributed by atoms with van der Waals surface area (Å²) >= 11 is 0. The molecular formula is C11H18N2O. The van der Waals surface area contributed by atoms with E-state index in [4.69, 9.17) is 4.42 Å². The molecule has 1 aliphatic rings. The Morgan fingerprint density at radius 1 is 1.57 bits per heavy atom. The van der Waals surface area contributed by atoms with Crippen LogP contribution >= 0.6 is 0 Å². The zero-order valence-corrected chi connectivity index (χ0v) is 8.97. The molecule has 1 aliphatic heterocycles. The van der Waals surface area contributed by atoms with Gasteiger partial charge in [0.15, 0.2) is 5.89 Å². The molecule has 0 spiro atoms. The van der Waals surface area contributed by atoms with Gasteiger partial charge >= 0.3 is 0 Å². The lowest BCUT2D eigenvalue weighted by Crippen LogP contribution is -2.28. The average molecular weight is 194 g/mol. The van der Waals surface area contributed by atoms with E-state index in [-0.39, 0.29) is 0 Å². The van der Waals surface area contributed by atoms with Crippen LogP contribution in [-0.2, 0) is 6.42 Å². The van der Waals surface area contributed by atoms with Crippen molar-refractivity contribution in [2.45, 2.75) is 39.0 Å². The predicted octanol–water partition coefficient (Wildman–Crippen LogP) is 2.01. The van der Waals surface area contributed by atoms with Crippen molar-refractivity contribution in [1.82, 2.24) is 10.3 Å². The van der Waals surface area contributed by atoms with Gasteiger partial charge < -0.3 is 9.73 Å². The minimum absolute atomic E-state index is 0.563. The van der Waals surface area contributed by atoms with E-state index in [1.54, 1.807) is 0 Å². The molecule has 14 heavy (non-hydrogen) atoms. The minimum Gasteiger partial charge on any atom is -0.446 e. The highest BCUT2D eigenvalue weighted by atomic mass is 16.4. The van der Waals surface area contributed by atoms with Gasteiger partial charge in [-0.05, 0) is 26.3 Å². The van der Waals surface area contributed by atoms with Gasteiger partial charge in [-0.2, -0.15) is 0 Å². The molecule has 2 heterocycles. The van der Waals surface area contributed by atoms with E-state index in [1.807, 2.05) is 6.92 Å². The SMILES string of the molecule is CCc1nc(C2CCCNC2)c(C)o1. The first-order chi connectivity index (χ1) is 6.81. The van der Waals surface area contributed by atoms with Crippen LogP contribution in [0.1, 0.15) is 43.0 Å². The molecule has 1 unspecified atom stereocenters. The maximum Gasteiger partial charge on any atom is 0.194 e. The van der Waals surface area contributed by atoms with Crippen molar-refractivity contribution >= 4 is 0 Å². The van der Waals surface area contributed by atoms with E-state index in [0.29, 0.717) is 5.92 Å². The summed E-state index contributed by atoms with van der Waals surface area (Å²) in [6.07, 6.45) is 3.38. The molecule has 1 N–H and O–H groups in total. The number of hydrogen-bond acceptors (Lipinski definition) is 3. The lowest BCUT2D eigenvalue weighted by atomic mass is 9.95. The summed E-state index contributed by atoms with van der Waals surface area (Å²) in [7, 11) is 0. The first-order valence-electron chi connectivity index (χ1n) is 5.48. The molecule has 0 radical (unpaired) electrons. The highest BCUT2D eigenvalue weighted by Crippen LogP contribution is 2.25. The summed E-state index contributed by atoms with van der Waals surface area (Å²) < 4.78 is 5.58. The molecule has 1 aromatic heterocycles. The second-order valence-electron chi connectivity index (χ2n) is 3.95. The normalized spacial score (nSPS) is 22.6.